The van der Waals surface area contributed by atoms with E-state index in [0.717, 1.165) is 28.8 Å². The molecule has 0 saturated heterocycles. The Hall–Kier alpha value is -1.79. The highest BCUT2D eigenvalue weighted by atomic mass is 35.5. The van der Waals surface area contributed by atoms with Gasteiger partial charge < -0.3 is 9.73 Å². The molecule has 3 heterocycles. The molecule has 0 aliphatic heterocycles. The van der Waals surface area contributed by atoms with Gasteiger partial charge in [0.05, 0.1) is 12.8 Å². The van der Waals surface area contributed by atoms with E-state index in [1.54, 1.807) is 10.8 Å². The predicted octanol–water partition coefficient (Wildman–Crippen LogP) is 5.37. The van der Waals surface area contributed by atoms with Crippen molar-refractivity contribution in [3.63, 3.8) is 0 Å². The Morgan fingerprint density at radius 1 is 1.38 bits per heavy atom. The molecule has 0 radical (unpaired) electrons. The van der Waals surface area contributed by atoms with Crippen LogP contribution in [0, 0.1) is 6.92 Å². The fraction of sp³-hybridized carbons (Fsp3) is 0.444. The van der Waals surface area contributed by atoms with Gasteiger partial charge in [-0.2, -0.15) is 4.98 Å². The molecule has 4 rings (SSSR count). The van der Waals surface area contributed by atoms with E-state index in [0.29, 0.717) is 43.2 Å². The SMILES string of the molecule is Cc1c(CCCC2(F)CC2)c(Cl)n2nc(Cl)nc(NCc3ccco3)c12. The fourth-order valence-electron chi connectivity index (χ4n) is 3.27. The second-order valence-electron chi connectivity index (χ2n) is 6.82. The number of halogens is 3. The summed E-state index contributed by atoms with van der Waals surface area (Å²) in [7, 11) is 0. The van der Waals surface area contributed by atoms with Crippen molar-refractivity contribution in [2.75, 3.05) is 5.32 Å². The zero-order valence-corrected chi connectivity index (χ0v) is 15.9. The van der Waals surface area contributed by atoms with Crippen molar-refractivity contribution in [2.24, 2.45) is 0 Å². The molecule has 8 heteroatoms. The summed E-state index contributed by atoms with van der Waals surface area (Å²) >= 11 is 12.6. The molecule has 3 aromatic heterocycles. The van der Waals surface area contributed by atoms with Crippen LogP contribution in [0.2, 0.25) is 10.4 Å². The van der Waals surface area contributed by atoms with Crippen LogP contribution in [-0.2, 0) is 13.0 Å². The zero-order chi connectivity index (χ0) is 18.3. The van der Waals surface area contributed by atoms with Crippen molar-refractivity contribution in [1.82, 2.24) is 14.6 Å². The molecule has 5 nitrogen and oxygen atoms in total. The second kappa shape index (κ2) is 6.74. The Morgan fingerprint density at radius 2 is 2.19 bits per heavy atom. The highest BCUT2D eigenvalue weighted by molar-refractivity contribution is 6.31. The van der Waals surface area contributed by atoms with Crippen LogP contribution < -0.4 is 5.32 Å². The number of rotatable bonds is 7. The van der Waals surface area contributed by atoms with Gasteiger partial charge in [0.2, 0.25) is 5.28 Å². The van der Waals surface area contributed by atoms with E-state index in [-0.39, 0.29) is 5.28 Å². The topological polar surface area (TPSA) is 55.4 Å². The van der Waals surface area contributed by atoms with Crippen molar-refractivity contribution in [3.8, 4) is 0 Å². The summed E-state index contributed by atoms with van der Waals surface area (Å²) in [5.41, 5.74) is 1.78. The molecule has 138 valence electrons. The molecule has 26 heavy (non-hydrogen) atoms. The number of anilines is 1. The standard InChI is InChI=1S/C18H19Cl2FN4O/c1-11-13(5-2-6-18(21)7-8-18)15(19)25-14(11)16(23-17(20)24-25)22-10-12-4-3-9-26-12/h3-4,9H,2,5-8,10H2,1H3,(H,22,23,24). The van der Waals surface area contributed by atoms with Crippen LogP contribution in [0.15, 0.2) is 22.8 Å². The molecule has 1 fully saturated rings. The van der Waals surface area contributed by atoms with Crippen LogP contribution >= 0.6 is 23.2 Å². The Kier molecular flexibility index (Phi) is 4.57. The van der Waals surface area contributed by atoms with Crippen LogP contribution in [0.4, 0.5) is 10.2 Å². The van der Waals surface area contributed by atoms with E-state index in [9.17, 15) is 4.39 Å². The third-order valence-corrected chi connectivity index (χ3v) is 5.47. The van der Waals surface area contributed by atoms with E-state index >= 15 is 0 Å². The Labute approximate surface area is 160 Å². The Morgan fingerprint density at radius 3 is 2.88 bits per heavy atom. The maximum atomic E-state index is 13.9. The number of furan rings is 1. The fourth-order valence-corrected chi connectivity index (χ4v) is 3.79. The third-order valence-electron chi connectivity index (χ3n) is 4.92. The van der Waals surface area contributed by atoms with Crippen molar-refractivity contribution >= 4 is 34.5 Å². The van der Waals surface area contributed by atoms with E-state index in [1.807, 2.05) is 19.1 Å². The van der Waals surface area contributed by atoms with E-state index < -0.39 is 5.67 Å². The average Bonchev–Trinajstić information content (AvgIpc) is 3.04. The predicted molar refractivity (Wildman–Crippen MR) is 99.8 cm³/mol. The molecular formula is C18H19Cl2FN4O. The number of nitrogens with zero attached hydrogens (tertiary/aromatic N) is 3. The molecule has 1 N–H and O–H groups in total. The van der Waals surface area contributed by atoms with Crippen LogP contribution in [0.1, 0.15) is 42.6 Å². The summed E-state index contributed by atoms with van der Waals surface area (Å²) in [4.78, 5) is 4.31. The maximum absolute atomic E-state index is 13.9. The van der Waals surface area contributed by atoms with E-state index in [2.05, 4.69) is 15.4 Å². The van der Waals surface area contributed by atoms with Crippen molar-refractivity contribution < 1.29 is 8.81 Å². The van der Waals surface area contributed by atoms with Crippen molar-refractivity contribution in [3.05, 3.63) is 45.7 Å². The van der Waals surface area contributed by atoms with Gasteiger partial charge in [-0.1, -0.05) is 11.6 Å². The van der Waals surface area contributed by atoms with Gasteiger partial charge in [0.1, 0.15) is 22.1 Å². The van der Waals surface area contributed by atoms with Crippen molar-refractivity contribution in [2.45, 2.75) is 51.2 Å². The first-order chi connectivity index (χ1) is 12.5. The highest BCUT2D eigenvalue weighted by Crippen LogP contribution is 2.44. The summed E-state index contributed by atoms with van der Waals surface area (Å²) in [5, 5.41) is 8.07. The summed E-state index contributed by atoms with van der Waals surface area (Å²) in [5.74, 6) is 1.38. The van der Waals surface area contributed by atoms with Crippen LogP contribution in [0.5, 0.6) is 0 Å². The minimum absolute atomic E-state index is 0.101. The summed E-state index contributed by atoms with van der Waals surface area (Å²) in [6.45, 7) is 2.45. The number of hydrogen-bond acceptors (Lipinski definition) is 4. The first kappa shape index (κ1) is 17.6. The molecular weight excluding hydrogens is 378 g/mol. The molecule has 1 aliphatic rings. The minimum Gasteiger partial charge on any atom is -0.467 e. The van der Waals surface area contributed by atoms with Gasteiger partial charge in [-0.3, -0.25) is 0 Å². The molecule has 0 atom stereocenters. The molecule has 0 unspecified atom stereocenters. The van der Waals surface area contributed by atoms with E-state index in [4.69, 9.17) is 27.6 Å². The molecule has 1 saturated carbocycles. The Bertz CT molecular complexity index is 935. The summed E-state index contributed by atoms with van der Waals surface area (Å²) in [6.07, 6.45) is 5.01. The molecule has 1 aliphatic carbocycles. The van der Waals surface area contributed by atoms with Gasteiger partial charge in [-0.05, 0) is 73.9 Å². The van der Waals surface area contributed by atoms with Crippen LogP contribution in [0.25, 0.3) is 5.52 Å². The zero-order valence-electron chi connectivity index (χ0n) is 14.4. The van der Waals surface area contributed by atoms with Gasteiger partial charge in [0, 0.05) is 0 Å². The van der Waals surface area contributed by atoms with E-state index in [1.165, 1.54) is 0 Å². The van der Waals surface area contributed by atoms with Gasteiger partial charge in [0.15, 0.2) is 5.82 Å². The van der Waals surface area contributed by atoms with Crippen LogP contribution in [0.3, 0.4) is 0 Å². The number of aromatic nitrogens is 3. The number of hydrogen-bond donors (Lipinski definition) is 1. The van der Waals surface area contributed by atoms with Gasteiger partial charge in [0.25, 0.3) is 0 Å². The third kappa shape index (κ3) is 3.40. The maximum Gasteiger partial charge on any atom is 0.243 e. The normalized spacial score (nSPS) is 15.5. The van der Waals surface area contributed by atoms with Gasteiger partial charge in [-0.15, -0.1) is 5.10 Å². The smallest absolute Gasteiger partial charge is 0.243 e. The average molecular weight is 397 g/mol. The lowest BCUT2D eigenvalue weighted by Gasteiger charge is -2.07. The lowest BCUT2D eigenvalue weighted by atomic mass is 10.0. The monoisotopic (exact) mass is 396 g/mol. The lowest BCUT2D eigenvalue weighted by molar-refractivity contribution is 0.284. The number of aryl methyl sites for hydroxylation is 1. The quantitative estimate of drug-likeness (QED) is 0.582. The summed E-state index contributed by atoms with van der Waals surface area (Å²) < 4.78 is 20.8. The largest absolute Gasteiger partial charge is 0.467 e. The van der Waals surface area contributed by atoms with Gasteiger partial charge >= 0.3 is 0 Å². The lowest BCUT2D eigenvalue weighted by Crippen LogP contribution is -2.05. The minimum atomic E-state index is -0.946. The number of fused-ring (bicyclic) bond motifs is 1. The Balaban J connectivity index is 1.62. The summed E-state index contributed by atoms with van der Waals surface area (Å²) in [6, 6.07) is 3.70. The highest BCUT2D eigenvalue weighted by Gasteiger charge is 2.42. The van der Waals surface area contributed by atoms with Gasteiger partial charge in [-0.25, -0.2) is 8.91 Å². The second-order valence-corrected chi connectivity index (χ2v) is 7.52. The number of alkyl halides is 1. The molecule has 0 bridgehead atoms. The number of nitrogens with one attached hydrogen (secondary N) is 1. The first-order valence-electron chi connectivity index (χ1n) is 8.65. The molecule has 0 aromatic carbocycles. The molecule has 0 amide bonds. The molecule has 3 aromatic rings. The van der Waals surface area contributed by atoms with Crippen molar-refractivity contribution in [1.29, 1.82) is 0 Å². The molecule has 0 spiro atoms. The van der Waals surface area contributed by atoms with Crippen LogP contribution in [-0.4, -0.2) is 20.3 Å². The first-order valence-corrected chi connectivity index (χ1v) is 9.41.